The number of benzene rings is 1. The normalized spacial score (nSPS) is 11.2. The van der Waals surface area contributed by atoms with Crippen LogP contribution in [0.3, 0.4) is 0 Å². The minimum absolute atomic E-state index is 0.539. The van der Waals surface area contributed by atoms with Crippen LogP contribution in [0.25, 0.3) is 22.0 Å². The van der Waals surface area contributed by atoms with E-state index in [2.05, 4.69) is 45.5 Å². The minimum atomic E-state index is 0.539. The highest BCUT2D eigenvalue weighted by Crippen LogP contribution is 2.34. The Hall–Kier alpha value is -1.88. The Balaban J connectivity index is 1.81. The van der Waals surface area contributed by atoms with E-state index in [0.29, 0.717) is 11.7 Å². The Kier molecular flexibility index (Phi) is 5.86. The zero-order valence-corrected chi connectivity index (χ0v) is 14.3. The molecule has 0 aliphatic rings. The van der Waals surface area contributed by atoms with Crippen LogP contribution in [-0.4, -0.2) is 21.3 Å². The van der Waals surface area contributed by atoms with Gasteiger partial charge in [0.2, 0.25) is 0 Å². The van der Waals surface area contributed by atoms with E-state index in [4.69, 9.17) is 16.8 Å². The topological polar surface area (TPSA) is 50.1 Å². The lowest BCUT2D eigenvalue weighted by Gasteiger charge is -2.05. The number of unbranched alkanes of at least 4 members (excludes halogenated alkanes) is 3. The second-order valence-electron chi connectivity index (χ2n) is 5.92. The number of pyridine rings is 1. The predicted octanol–water partition coefficient (Wildman–Crippen LogP) is 4.90. The number of hydrogen-bond donors (Lipinski definition) is 2. The van der Waals surface area contributed by atoms with Crippen LogP contribution in [0.15, 0.2) is 48.8 Å². The van der Waals surface area contributed by atoms with Crippen molar-refractivity contribution in [2.75, 3.05) is 6.54 Å². The number of aromatic nitrogens is 2. The fourth-order valence-electron chi connectivity index (χ4n) is 3.07. The zero-order chi connectivity index (χ0) is 16.8. The van der Waals surface area contributed by atoms with Gasteiger partial charge < -0.3 is 9.77 Å². The molecule has 3 aromatic rings. The van der Waals surface area contributed by atoms with Crippen molar-refractivity contribution in [3.05, 3.63) is 53.9 Å². The monoisotopic (exact) mass is 343 g/mol. The molecule has 2 aromatic heterocycles. The van der Waals surface area contributed by atoms with E-state index in [1.165, 1.54) is 10.9 Å². The third kappa shape index (κ3) is 3.78. The molecule has 0 spiro atoms. The third-order valence-corrected chi connectivity index (χ3v) is 4.58. The molecular formula is C19H22ClN3O. The molecule has 24 heavy (non-hydrogen) atoms. The second-order valence-corrected chi connectivity index (χ2v) is 6.28. The molecule has 0 bridgehead atoms. The maximum absolute atomic E-state index is 8.58. The summed E-state index contributed by atoms with van der Waals surface area (Å²) in [7, 11) is 0. The molecule has 4 nitrogen and oxygen atoms in total. The number of para-hydroxylation sites is 1. The van der Waals surface area contributed by atoms with Crippen LogP contribution in [-0.2, 0) is 6.54 Å². The molecule has 0 saturated heterocycles. The molecule has 0 fully saturated rings. The van der Waals surface area contributed by atoms with Crippen LogP contribution >= 0.6 is 11.6 Å². The van der Waals surface area contributed by atoms with Gasteiger partial charge in [0.1, 0.15) is 5.15 Å². The van der Waals surface area contributed by atoms with Gasteiger partial charge in [0.05, 0.1) is 0 Å². The smallest absolute Gasteiger partial charge is 0.136 e. The first-order chi connectivity index (χ1) is 11.8. The van der Waals surface area contributed by atoms with E-state index in [9.17, 15) is 0 Å². The van der Waals surface area contributed by atoms with Crippen LogP contribution in [0.4, 0.5) is 0 Å². The van der Waals surface area contributed by atoms with Gasteiger partial charge >= 0.3 is 0 Å². The second kappa shape index (κ2) is 8.29. The minimum Gasteiger partial charge on any atom is -0.347 e. The number of rotatable bonds is 8. The highest BCUT2D eigenvalue weighted by atomic mass is 35.5. The first kappa shape index (κ1) is 17.0. The van der Waals surface area contributed by atoms with Crippen LogP contribution in [0.5, 0.6) is 0 Å². The summed E-state index contributed by atoms with van der Waals surface area (Å²) in [6.07, 6.45) is 8.28. The molecular weight excluding hydrogens is 322 g/mol. The number of hydroxylamine groups is 1. The lowest BCUT2D eigenvalue weighted by molar-refractivity contribution is 0.164. The van der Waals surface area contributed by atoms with E-state index in [0.717, 1.165) is 43.4 Å². The van der Waals surface area contributed by atoms with Crippen molar-refractivity contribution >= 4 is 22.5 Å². The Morgan fingerprint density at radius 3 is 2.67 bits per heavy atom. The van der Waals surface area contributed by atoms with Crippen LogP contribution in [0, 0.1) is 0 Å². The number of nitrogens with zero attached hydrogens (tertiary/aromatic N) is 2. The molecule has 126 valence electrons. The van der Waals surface area contributed by atoms with Crippen molar-refractivity contribution in [2.24, 2.45) is 0 Å². The van der Waals surface area contributed by atoms with Crippen molar-refractivity contribution in [3.63, 3.8) is 0 Å². The fraction of sp³-hybridized carbons (Fsp3) is 0.316. The lowest BCUT2D eigenvalue weighted by atomic mass is 10.1. The Labute approximate surface area is 147 Å². The number of fused-ring (bicyclic) bond motifs is 1. The molecule has 0 aliphatic carbocycles. The summed E-state index contributed by atoms with van der Waals surface area (Å²) in [5.41, 5.74) is 5.54. The highest BCUT2D eigenvalue weighted by Gasteiger charge is 2.12. The van der Waals surface area contributed by atoms with Gasteiger partial charge in [-0.1, -0.05) is 42.6 Å². The van der Waals surface area contributed by atoms with Gasteiger partial charge in [0.25, 0.3) is 0 Å². The van der Waals surface area contributed by atoms with Crippen LogP contribution in [0.1, 0.15) is 25.7 Å². The number of aryl methyl sites for hydroxylation is 1. The molecule has 2 N–H and O–H groups in total. The van der Waals surface area contributed by atoms with Crippen molar-refractivity contribution < 1.29 is 5.21 Å². The molecule has 0 amide bonds. The van der Waals surface area contributed by atoms with Crippen LogP contribution < -0.4 is 5.48 Å². The summed E-state index contributed by atoms with van der Waals surface area (Å²) in [6, 6.07) is 12.4. The van der Waals surface area contributed by atoms with Gasteiger partial charge in [-0.3, -0.25) is 0 Å². The maximum atomic E-state index is 8.58. The first-order valence-corrected chi connectivity index (χ1v) is 8.75. The van der Waals surface area contributed by atoms with Crippen molar-refractivity contribution in [1.29, 1.82) is 0 Å². The van der Waals surface area contributed by atoms with Gasteiger partial charge in [-0.15, -0.1) is 0 Å². The van der Waals surface area contributed by atoms with E-state index in [1.54, 1.807) is 6.20 Å². The van der Waals surface area contributed by atoms with Gasteiger partial charge in [0.15, 0.2) is 0 Å². The summed E-state index contributed by atoms with van der Waals surface area (Å²) in [5.74, 6) is 0. The standard InChI is InChI=1S/C19H22ClN3O/c20-19-16(9-7-11-21-19)17-14-23(13-6-2-1-5-12-22-24)18-10-4-3-8-15(17)18/h3-4,7-11,14,22,24H,1-2,5-6,12-13H2. The first-order valence-electron chi connectivity index (χ1n) is 8.37. The van der Waals surface area contributed by atoms with E-state index >= 15 is 0 Å². The molecule has 0 unspecified atom stereocenters. The largest absolute Gasteiger partial charge is 0.347 e. The third-order valence-electron chi connectivity index (χ3n) is 4.28. The molecule has 1 aromatic carbocycles. The van der Waals surface area contributed by atoms with Gasteiger partial charge in [-0.2, -0.15) is 0 Å². The van der Waals surface area contributed by atoms with E-state index < -0.39 is 0 Å². The van der Waals surface area contributed by atoms with Gasteiger partial charge in [0, 0.05) is 47.5 Å². The number of halogens is 1. The highest BCUT2D eigenvalue weighted by molar-refractivity contribution is 6.32. The van der Waals surface area contributed by atoms with E-state index in [-0.39, 0.29) is 0 Å². The molecule has 0 radical (unpaired) electrons. The Bertz CT molecular complexity index is 800. The molecule has 2 heterocycles. The van der Waals surface area contributed by atoms with Crippen molar-refractivity contribution in [1.82, 2.24) is 15.0 Å². The number of hydrogen-bond acceptors (Lipinski definition) is 3. The SMILES string of the molecule is ONCCCCCCn1cc(-c2cccnc2Cl)c2ccccc21. The molecule has 0 saturated carbocycles. The van der Waals surface area contributed by atoms with Gasteiger partial charge in [-0.25, -0.2) is 10.5 Å². The fourth-order valence-corrected chi connectivity index (χ4v) is 3.29. The average molecular weight is 344 g/mol. The predicted molar refractivity (Wildman–Crippen MR) is 98.4 cm³/mol. The summed E-state index contributed by atoms with van der Waals surface area (Å²) in [4.78, 5) is 4.21. The molecule has 0 atom stereocenters. The Morgan fingerprint density at radius 1 is 1.00 bits per heavy atom. The molecule has 0 aliphatic heterocycles. The zero-order valence-electron chi connectivity index (χ0n) is 13.6. The Morgan fingerprint density at radius 2 is 1.83 bits per heavy atom. The van der Waals surface area contributed by atoms with Crippen molar-refractivity contribution in [2.45, 2.75) is 32.2 Å². The summed E-state index contributed by atoms with van der Waals surface area (Å²) in [6.45, 7) is 1.64. The maximum Gasteiger partial charge on any atom is 0.136 e. The average Bonchev–Trinajstić information content (AvgIpc) is 2.97. The number of nitrogens with one attached hydrogen (secondary N) is 1. The molecule has 5 heteroatoms. The summed E-state index contributed by atoms with van der Waals surface area (Å²) < 4.78 is 2.30. The molecule has 3 rings (SSSR count). The van der Waals surface area contributed by atoms with Crippen molar-refractivity contribution in [3.8, 4) is 11.1 Å². The lowest BCUT2D eigenvalue weighted by Crippen LogP contribution is -2.08. The summed E-state index contributed by atoms with van der Waals surface area (Å²) >= 11 is 6.30. The summed E-state index contributed by atoms with van der Waals surface area (Å²) in [5, 5.41) is 10.3. The quantitative estimate of drug-likeness (QED) is 0.347. The van der Waals surface area contributed by atoms with Crippen LogP contribution in [0.2, 0.25) is 5.15 Å². The van der Waals surface area contributed by atoms with Gasteiger partial charge in [-0.05, 0) is 31.0 Å². The van der Waals surface area contributed by atoms with E-state index in [1.807, 2.05) is 12.1 Å².